The van der Waals surface area contributed by atoms with E-state index in [9.17, 15) is 14.4 Å². The van der Waals surface area contributed by atoms with E-state index in [0.717, 1.165) is 5.56 Å². The van der Waals surface area contributed by atoms with Crippen LogP contribution in [0.5, 0.6) is 0 Å². The van der Waals surface area contributed by atoms with Gasteiger partial charge in [0.05, 0.1) is 5.56 Å². The Morgan fingerprint density at radius 3 is 1.87 bits per heavy atom. The zero-order chi connectivity index (χ0) is 17.0. The molecule has 1 amide bonds. The molecule has 2 aromatic rings. The number of carbonyl (C=O) groups is 3. The van der Waals surface area contributed by atoms with Gasteiger partial charge in [0.15, 0.2) is 6.10 Å². The lowest BCUT2D eigenvalue weighted by atomic mass is 10.1. The van der Waals surface area contributed by atoms with E-state index in [1.165, 1.54) is 31.2 Å². The minimum absolute atomic E-state index is 0.249. The van der Waals surface area contributed by atoms with Gasteiger partial charge in [-0.1, -0.05) is 29.8 Å². The molecular weight excluding hydrogens is 294 g/mol. The maximum atomic E-state index is 12.2. The van der Waals surface area contributed by atoms with E-state index in [-0.39, 0.29) is 11.3 Å². The molecule has 0 radical (unpaired) electrons. The quantitative estimate of drug-likeness (QED) is 0.679. The average molecular weight is 311 g/mol. The first kappa shape index (κ1) is 16.4. The number of hydrogen-bond acceptors (Lipinski definition) is 4. The molecule has 0 fully saturated rings. The van der Waals surface area contributed by atoms with Gasteiger partial charge >= 0.3 is 5.97 Å². The van der Waals surface area contributed by atoms with Gasteiger partial charge in [-0.15, -0.1) is 0 Å². The highest BCUT2D eigenvalue weighted by Gasteiger charge is 2.20. The summed E-state index contributed by atoms with van der Waals surface area (Å²) < 4.78 is 5.18. The molecular formula is C18H17NO4. The summed E-state index contributed by atoms with van der Waals surface area (Å²) in [4.78, 5) is 35.3. The number of aryl methyl sites for hydroxylation is 1. The number of ketones is 1. The molecule has 1 atom stereocenters. The van der Waals surface area contributed by atoms with Crippen molar-refractivity contribution in [3.63, 3.8) is 0 Å². The summed E-state index contributed by atoms with van der Waals surface area (Å²) >= 11 is 0. The molecule has 0 spiro atoms. The smallest absolute Gasteiger partial charge is 0.338 e. The number of benzene rings is 2. The van der Waals surface area contributed by atoms with Crippen LogP contribution in [-0.2, 0) is 4.74 Å². The fraction of sp³-hybridized carbons (Fsp3) is 0.167. The van der Waals surface area contributed by atoms with Crippen LogP contribution in [-0.4, -0.2) is 23.8 Å². The predicted octanol–water partition coefficient (Wildman–Crippen LogP) is 2.52. The largest absolute Gasteiger partial charge is 0.451 e. The molecule has 2 aromatic carbocycles. The second-order valence-corrected chi connectivity index (χ2v) is 5.22. The van der Waals surface area contributed by atoms with Crippen LogP contribution in [0.1, 0.15) is 43.6 Å². The molecule has 0 saturated heterocycles. The lowest BCUT2D eigenvalue weighted by Crippen LogP contribution is -2.24. The third-order valence-corrected chi connectivity index (χ3v) is 3.39. The number of amides is 1. The van der Waals surface area contributed by atoms with Crippen LogP contribution in [0.3, 0.4) is 0 Å². The van der Waals surface area contributed by atoms with Crippen molar-refractivity contribution >= 4 is 17.7 Å². The SMILES string of the molecule is Cc1ccc(C(=O)[C@@H](C)OC(=O)c2ccc(C(N)=O)cc2)cc1. The van der Waals surface area contributed by atoms with E-state index in [1.54, 1.807) is 12.1 Å². The van der Waals surface area contributed by atoms with Gasteiger partial charge in [0.2, 0.25) is 11.7 Å². The lowest BCUT2D eigenvalue weighted by Gasteiger charge is -2.12. The van der Waals surface area contributed by atoms with Crippen molar-refractivity contribution in [2.24, 2.45) is 5.73 Å². The third-order valence-electron chi connectivity index (χ3n) is 3.39. The molecule has 23 heavy (non-hydrogen) atoms. The van der Waals surface area contributed by atoms with Crippen molar-refractivity contribution < 1.29 is 19.1 Å². The van der Waals surface area contributed by atoms with Gasteiger partial charge < -0.3 is 10.5 Å². The summed E-state index contributed by atoms with van der Waals surface area (Å²) in [5.74, 6) is -1.48. The van der Waals surface area contributed by atoms with Crippen LogP contribution in [0.25, 0.3) is 0 Å². The van der Waals surface area contributed by atoms with Gasteiger partial charge in [-0.25, -0.2) is 4.79 Å². The second kappa shape index (κ2) is 6.87. The van der Waals surface area contributed by atoms with Crippen molar-refractivity contribution in [2.75, 3.05) is 0 Å². The first-order valence-corrected chi connectivity index (χ1v) is 7.10. The van der Waals surface area contributed by atoms with Crippen LogP contribution in [0.15, 0.2) is 48.5 Å². The molecule has 0 aromatic heterocycles. The number of Topliss-reactive ketones (excluding diaryl/α,β-unsaturated/α-hetero) is 1. The van der Waals surface area contributed by atoms with Gasteiger partial charge in [0.1, 0.15) is 0 Å². The Bertz CT molecular complexity index is 733. The first-order chi connectivity index (χ1) is 10.9. The number of ether oxygens (including phenoxy) is 1. The molecule has 0 aliphatic heterocycles. The summed E-state index contributed by atoms with van der Waals surface area (Å²) in [7, 11) is 0. The molecule has 5 nitrogen and oxygen atoms in total. The molecule has 0 saturated carbocycles. The Kier molecular flexibility index (Phi) is 4.91. The maximum absolute atomic E-state index is 12.2. The summed E-state index contributed by atoms with van der Waals surface area (Å²) in [6.07, 6.45) is -0.902. The van der Waals surface area contributed by atoms with Crippen LogP contribution >= 0.6 is 0 Å². The number of esters is 1. The highest BCUT2D eigenvalue weighted by Crippen LogP contribution is 2.11. The first-order valence-electron chi connectivity index (χ1n) is 7.10. The minimum atomic E-state index is -0.902. The number of nitrogens with two attached hydrogens (primary N) is 1. The Morgan fingerprint density at radius 2 is 1.35 bits per heavy atom. The van der Waals surface area contributed by atoms with Gasteiger partial charge in [-0.2, -0.15) is 0 Å². The standard InChI is InChI=1S/C18H17NO4/c1-11-3-5-13(6-4-11)16(20)12(2)23-18(22)15-9-7-14(8-10-15)17(19)21/h3-10,12H,1-2H3,(H2,19,21)/t12-/m1/s1. The van der Waals surface area contributed by atoms with Crippen molar-refractivity contribution in [1.29, 1.82) is 0 Å². The summed E-state index contributed by atoms with van der Waals surface area (Å²) in [6, 6.07) is 12.8. The van der Waals surface area contributed by atoms with Crippen molar-refractivity contribution in [3.8, 4) is 0 Å². The monoisotopic (exact) mass is 311 g/mol. The molecule has 0 aliphatic carbocycles. The Balaban J connectivity index is 2.05. The highest BCUT2D eigenvalue weighted by molar-refractivity contribution is 6.01. The van der Waals surface area contributed by atoms with Crippen molar-refractivity contribution in [3.05, 3.63) is 70.8 Å². The fourth-order valence-corrected chi connectivity index (χ4v) is 2.01. The minimum Gasteiger partial charge on any atom is -0.451 e. The number of primary amides is 1. The van der Waals surface area contributed by atoms with E-state index in [2.05, 4.69) is 0 Å². The second-order valence-electron chi connectivity index (χ2n) is 5.22. The van der Waals surface area contributed by atoms with E-state index in [0.29, 0.717) is 11.1 Å². The van der Waals surface area contributed by atoms with Gasteiger partial charge in [-0.05, 0) is 38.1 Å². The summed E-state index contributed by atoms with van der Waals surface area (Å²) in [5.41, 5.74) is 7.21. The zero-order valence-corrected chi connectivity index (χ0v) is 12.9. The molecule has 5 heteroatoms. The van der Waals surface area contributed by atoms with Crippen molar-refractivity contribution in [1.82, 2.24) is 0 Å². The molecule has 118 valence electrons. The average Bonchev–Trinajstić information content (AvgIpc) is 2.54. The lowest BCUT2D eigenvalue weighted by molar-refractivity contribution is 0.0318. The van der Waals surface area contributed by atoms with Gasteiger partial charge in [0, 0.05) is 11.1 Å². The molecule has 2 N–H and O–H groups in total. The topological polar surface area (TPSA) is 86.5 Å². The van der Waals surface area contributed by atoms with E-state index >= 15 is 0 Å². The molecule has 0 bridgehead atoms. The molecule has 0 aliphatic rings. The summed E-state index contributed by atoms with van der Waals surface area (Å²) in [5, 5.41) is 0. The normalized spacial score (nSPS) is 11.6. The molecule has 0 unspecified atom stereocenters. The van der Waals surface area contributed by atoms with Crippen LogP contribution in [0.2, 0.25) is 0 Å². The summed E-state index contributed by atoms with van der Waals surface area (Å²) in [6.45, 7) is 3.45. The van der Waals surface area contributed by atoms with Crippen LogP contribution in [0.4, 0.5) is 0 Å². The van der Waals surface area contributed by atoms with E-state index < -0.39 is 18.0 Å². The Hall–Kier alpha value is -2.95. The van der Waals surface area contributed by atoms with E-state index in [4.69, 9.17) is 10.5 Å². The maximum Gasteiger partial charge on any atom is 0.338 e. The fourth-order valence-electron chi connectivity index (χ4n) is 2.01. The molecule has 0 heterocycles. The zero-order valence-electron chi connectivity index (χ0n) is 12.9. The number of rotatable bonds is 5. The van der Waals surface area contributed by atoms with Crippen molar-refractivity contribution in [2.45, 2.75) is 20.0 Å². The van der Waals surface area contributed by atoms with Gasteiger partial charge in [-0.3, -0.25) is 9.59 Å². The molecule has 2 rings (SSSR count). The van der Waals surface area contributed by atoms with Crippen LogP contribution in [0, 0.1) is 6.92 Å². The predicted molar refractivity (Wildman–Crippen MR) is 85.3 cm³/mol. The number of carbonyl (C=O) groups excluding carboxylic acids is 3. The Morgan fingerprint density at radius 1 is 0.870 bits per heavy atom. The van der Waals surface area contributed by atoms with E-state index in [1.807, 2.05) is 19.1 Å². The highest BCUT2D eigenvalue weighted by atomic mass is 16.5. The third kappa shape index (κ3) is 4.03. The Labute approximate surface area is 134 Å². The van der Waals surface area contributed by atoms with Gasteiger partial charge in [0.25, 0.3) is 0 Å². The number of hydrogen-bond donors (Lipinski definition) is 1. The van der Waals surface area contributed by atoms with Crippen LogP contribution < -0.4 is 5.73 Å².